The van der Waals surface area contributed by atoms with E-state index in [2.05, 4.69) is 17.6 Å². The minimum atomic E-state index is -3.13. The molecule has 5 atom stereocenters. The molecule has 0 aromatic heterocycles. The molecule has 4 rings (SSSR count). The predicted octanol–water partition coefficient (Wildman–Crippen LogP) is 4.67. The highest BCUT2D eigenvalue weighted by Crippen LogP contribution is 2.47. The number of aliphatic hydroxyl groups excluding tert-OH is 1. The van der Waals surface area contributed by atoms with E-state index in [0.717, 1.165) is 42.6 Å². The lowest BCUT2D eigenvalue weighted by atomic mass is 9.95. The first-order valence-electron chi connectivity index (χ1n) is 14.6. The Morgan fingerprint density at radius 2 is 1.88 bits per heavy atom. The number of halogens is 1. The van der Waals surface area contributed by atoms with Crippen LogP contribution < -0.4 is 10.6 Å². The quantitative estimate of drug-likeness (QED) is 0.255. The molecule has 0 saturated carbocycles. The summed E-state index contributed by atoms with van der Waals surface area (Å²) in [7, 11) is -3.13. The molecule has 0 radical (unpaired) electrons. The van der Waals surface area contributed by atoms with Crippen LogP contribution in [0.15, 0.2) is 54.6 Å². The third kappa shape index (κ3) is 8.00. The minimum absolute atomic E-state index is 0.00427. The zero-order valence-electron chi connectivity index (χ0n) is 23.9. The van der Waals surface area contributed by atoms with Gasteiger partial charge in [0.1, 0.15) is 0 Å². The van der Waals surface area contributed by atoms with Gasteiger partial charge in [0.05, 0.1) is 31.3 Å². The molecular weight excluding hydrogens is 525 g/mol. The molecule has 2 amide bonds. The van der Waals surface area contributed by atoms with Crippen LogP contribution in [0, 0.1) is 5.92 Å². The highest BCUT2D eigenvalue weighted by Gasteiger charge is 2.51. The van der Waals surface area contributed by atoms with Gasteiger partial charge in [-0.3, -0.25) is 9.59 Å². The van der Waals surface area contributed by atoms with Crippen LogP contribution in [0.25, 0.3) is 0 Å². The van der Waals surface area contributed by atoms with Crippen LogP contribution in [0.3, 0.4) is 0 Å². The summed E-state index contributed by atoms with van der Waals surface area (Å²) in [5.41, 5.74) is 2.55. The highest BCUT2D eigenvalue weighted by molar-refractivity contribution is 6.72. The van der Waals surface area contributed by atoms with Gasteiger partial charge in [-0.25, -0.2) is 0 Å². The smallest absolute Gasteiger partial charge is 0.246 e. The van der Waals surface area contributed by atoms with Crippen molar-refractivity contribution in [3.8, 4) is 0 Å². The summed E-state index contributed by atoms with van der Waals surface area (Å²) in [4.78, 5) is 27.5. The maximum atomic E-state index is 15.6. The number of nitrogens with one attached hydrogen (secondary N) is 2. The molecule has 0 bridgehead atoms. The van der Waals surface area contributed by atoms with Crippen molar-refractivity contribution in [1.29, 1.82) is 0 Å². The molecule has 2 aromatic carbocycles. The van der Waals surface area contributed by atoms with Gasteiger partial charge in [0, 0.05) is 24.3 Å². The summed E-state index contributed by atoms with van der Waals surface area (Å²) in [6.07, 6.45) is 2.76. The van der Waals surface area contributed by atoms with E-state index in [0.29, 0.717) is 13.0 Å². The fraction of sp³-hybridized carbons (Fsp3) is 0.548. The van der Waals surface area contributed by atoms with Crippen molar-refractivity contribution in [1.82, 2.24) is 10.2 Å². The second kappa shape index (κ2) is 13.8. The van der Waals surface area contributed by atoms with Crippen molar-refractivity contribution < 1.29 is 23.5 Å². The Kier molecular flexibility index (Phi) is 10.5. The molecule has 2 heterocycles. The van der Waals surface area contributed by atoms with Crippen molar-refractivity contribution in [3.63, 3.8) is 0 Å². The summed E-state index contributed by atoms with van der Waals surface area (Å²) in [5, 5.41) is 15.8. The first-order valence-corrected chi connectivity index (χ1v) is 17.5. The summed E-state index contributed by atoms with van der Waals surface area (Å²) < 4.78 is 22.1. The molecule has 2 saturated heterocycles. The van der Waals surface area contributed by atoms with Crippen molar-refractivity contribution in [2.45, 2.75) is 82.5 Å². The summed E-state index contributed by atoms with van der Waals surface area (Å²) in [5.74, 6) is -0.143. The Labute approximate surface area is 238 Å². The molecule has 2 aliphatic heterocycles. The summed E-state index contributed by atoms with van der Waals surface area (Å²) in [6, 6.07) is 17.4. The van der Waals surface area contributed by atoms with E-state index < -0.39 is 14.5 Å². The number of ether oxygens (including phenoxy) is 1. The lowest BCUT2D eigenvalue weighted by Crippen LogP contribution is -2.40. The Morgan fingerprint density at radius 3 is 2.55 bits per heavy atom. The minimum Gasteiger partial charge on any atom is -0.395 e. The molecule has 0 spiro atoms. The molecule has 7 nitrogen and oxygen atoms in total. The van der Waals surface area contributed by atoms with Crippen molar-refractivity contribution >= 4 is 25.9 Å². The van der Waals surface area contributed by atoms with E-state index in [1.807, 2.05) is 54.6 Å². The van der Waals surface area contributed by atoms with E-state index in [4.69, 9.17) is 4.74 Å². The standard InChI is InChI=1S/C31H44FN3O4Si/c1-22-27(15-14-23-11-7-12-25(19-23)34-31(38)26-13-8-16-33-26)39-28(30(22)40(2,3)32)20-29(37)35(17-18-36)21-24-9-5-4-6-10-24/h4-7,9-12,19,22,26-28,30,33,36H,8,13-18,20-21H2,1-3H3,(H,34,38)/t22-,26+,27+,28-,30+/m0/s1. The van der Waals surface area contributed by atoms with Gasteiger partial charge in [-0.15, -0.1) is 0 Å². The third-order valence-electron chi connectivity index (χ3n) is 8.30. The van der Waals surface area contributed by atoms with Crippen molar-refractivity contribution in [3.05, 3.63) is 65.7 Å². The Balaban J connectivity index is 1.39. The topological polar surface area (TPSA) is 90.9 Å². The molecule has 0 unspecified atom stereocenters. The van der Waals surface area contributed by atoms with E-state index in [1.165, 1.54) is 0 Å². The Hall–Kier alpha value is -2.59. The van der Waals surface area contributed by atoms with E-state index >= 15 is 4.11 Å². The van der Waals surface area contributed by atoms with E-state index in [-0.39, 0.29) is 55.0 Å². The van der Waals surface area contributed by atoms with Gasteiger partial charge < -0.3 is 29.5 Å². The third-order valence-corrected chi connectivity index (χ3v) is 10.8. The van der Waals surface area contributed by atoms with Crippen molar-refractivity contribution in [2.24, 2.45) is 5.92 Å². The largest absolute Gasteiger partial charge is 0.395 e. The van der Waals surface area contributed by atoms with Gasteiger partial charge in [0.2, 0.25) is 20.2 Å². The number of carbonyl (C=O) groups is 2. The normalized spacial score (nSPS) is 24.7. The average molecular weight is 570 g/mol. The van der Waals surface area contributed by atoms with Crippen molar-refractivity contribution in [2.75, 3.05) is 25.0 Å². The van der Waals surface area contributed by atoms with Gasteiger partial charge in [-0.05, 0) is 74.5 Å². The number of rotatable bonds is 12. The first kappa shape index (κ1) is 30.4. The summed E-state index contributed by atoms with van der Waals surface area (Å²) in [6.45, 7) is 6.83. The second-order valence-electron chi connectivity index (χ2n) is 11.8. The maximum Gasteiger partial charge on any atom is 0.246 e. The van der Waals surface area contributed by atoms with Gasteiger partial charge in [-0.2, -0.15) is 0 Å². The van der Waals surface area contributed by atoms with Crippen LogP contribution in [0.4, 0.5) is 9.80 Å². The summed E-state index contributed by atoms with van der Waals surface area (Å²) >= 11 is 0. The highest BCUT2D eigenvalue weighted by atomic mass is 28.4. The molecule has 3 N–H and O–H groups in total. The lowest BCUT2D eigenvalue weighted by Gasteiger charge is -2.30. The molecule has 2 aliphatic rings. The van der Waals surface area contributed by atoms with Gasteiger partial charge in [-0.1, -0.05) is 49.4 Å². The van der Waals surface area contributed by atoms with E-state index in [9.17, 15) is 14.7 Å². The zero-order valence-corrected chi connectivity index (χ0v) is 24.9. The number of hydrogen-bond acceptors (Lipinski definition) is 5. The van der Waals surface area contributed by atoms with Gasteiger partial charge in [0.25, 0.3) is 0 Å². The predicted molar refractivity (Wildman–Crippen MR) is 158 cm³/mol. The number of carbonyl (C=O) groups excluding carboxylic acids is 2. The number of benzene rings is 2. The number of anilines is 1. The Morgan fingerprint density at radius 1 is 1.12 bits per heavy atom. The molecule has 2 aromatic rings. The molecule has 218 valence electrons. The molecular formula is C31H44FN3O4Si. The fourth-order valence-electron chi connectivity index (χ4n) is 6.35. The second-order valence-corrected chi connectivity index (χ2v) is 15.6. The van der Waals surface area contributed by atoms with Crippen LogP contribution >= 0.6 is 0 Å². The lowest BCUT2D eigenvalue weighted by molar-refractivity contribution is -0.135. The van der Waals surface area contributed by atoms with Crippen LogP contribution in [0.1, 0.15) is 43.7 Å². The van der Waals surface area contributed by atoms with Crippen LogP contribution in [-0.4, -0.2) is 68.2 Å². The zero-order chi connectivity index (χ0) is 28.7. The molecule has 2 fully saturated rings. The van der Waals surface area contributed by atoms with Gasteiger partial charge >= 0.3 is 0 Å². The number of amides is 2. The Bertz CT molecular complexity index is 1120. The average Bonchev–Trinajstić information content (AvgIpc) is 3.56. The van der Waals surface area contributed by atoms with E-state index in [1.54, 1.807) is 18.0 Å². The monoisotopic (exact) mass is 569 g/mol. The van der Waals surface area contributed by atoms with Crippen LogP contribution in [0.5, 0.6) is 0 Å². The first-order chi connectivity index (χ1) is 19.2. The molecule has 0 aliphatic carbocycles. The number of hydrogen-bond donors (Lipinski definition) is 3. The molecule has 9 heteroatoms. The van der Waals surface area contributed by atoms with Gasteiger partial charge in [0.15, 0.2) is 0 Å². The SMILES string of the molecule is C[C@@H]1[C@@H]([Si](C)(C)F)[C@H](CC(=O)N(CCO)Cc2ccccc2)O[C@@H]1CCc1cccc(NC(=O)[C@H]2CCCN2)c1. The fourth-order valence-corrected chi connectivity index (χ4v) is 8.89. The number of nitrogens with zero attached hydrogens (tertiary/aromatic N) is 1. The number of aryl methyl sites for hydroxylation is 1. The maximum absolute atomic E-state index is 15.6. The van der Waals surface area contributed by atoms with Crippen LogP contribution in [-0.2, 0) is 27.3 Å². The molecule has 40 heavy (non-hydrogen) atoms. The van der Waals surface area contributed by atoms with Crippen LogP contribution in [0.2, 0.25) is 18.6 Å². The number of aliphatic hydroxyl groups is 1.